The SMILES string of the molecule is Nc1cccc2c(S(=O)(=O)NCCO)cccc12. The number of nitrogens with two attached hydrogens (primary N) is 1. The normalized spacial score (nSPS) is 11.8. The molecule has 2 aromatic rings. The van der Waals surface area contributed by atoms with E-state index in [4.69, 9.17) is 10.8 Å². The lowest BCUT2D eigenvalue weighted by Crippen LogP contribution is -2.26. The lowest BCUT2D eigenvalue weighted by molar-refractivity contribution is 0.301. The van der Waals surface area contributed by atoms with Crippen LogP contribution < -0.4 is 10.5 Å². The summed E-state index contributed by atoms with van der Waals surface area (Å²) in [5, 5.41) is 9.96. The summed E-state index contributed by atoms with van der Waals surface area (Å²) in [7, 11) is -3.63. The fraction of sp³-hybridized carbons (Fsp3) is 0.167. The van der Waals surface area contributed by atoms with Crippen molar-refractivity contribution in [3.05, 3.63) is 36.4 Å². The highest BCUT2D eigenvalue weighted by Gasteiger charge is 2.16. The number of benzene rings is 2. The molecule has 96 valence electrons. The van der Waals surface area contributed by atoms with E-state index in [0.29, 0.717) is 16.5 Å². The molecular weight excluding hydrogens is 252 g/mol. The number of aliphatic hydroxyl groups is 1. The predicted octanol–water partition coefficient (Wildman–Crippen LogP) is 0.693. The van der Waals surface area contributed by atoms with Gasteiger partial charge in [0.05, 0.1) is 11.5 Å². The topological polar surface area (TPSA) is 92.4 Å². The van der Waals surface area contributed by atoms with Crippen LogP contribution >= 0.6 is 0 Å². The number of anilines is 1. The number of fused-ring (bicyclic) bond motifs is 1. The first-order valence-corrected chi connectivity index (χ1v) is 6.92. The van der Waals surface area contributed by atoms with Crippen molar-refractivity contribution in [3.63, 3.8) is 0 Å². The summed E-state index contributed by atoms with van der Waals surface area (Å²) >= 11 is 0. The van der Waals surface area contributed by atoms with E-state index in [1.807, 2.05) is 0 Å². The molecule has 0 atom stereocenters. The van der Waals surface area contributed by atoms with Gasteiger partial charge in [0.15, 0.2) is 0 Å². The Hall–Kier alpha value is -1.63. The Morgan fingerprint density at radius 1 is 1.11 bits per heavy atom. The summed E-state index contributed by atoms with van der Waals surface area (Å²) in [4.78, 5) is 0.167. The summed E-state index contributed by atoms with van der Waals surface area (Å²) in [5.74, 6) is 0. The molecule has 5 nitrogen and oxygen atoms in total. The van der Waals surface area contributed by atoms with Crippen molar-refractivity contribution in [2.45, 2.75) is 4.90 Å². The largest absolute Gasteiger partial charge is 0.398 e. The third-order valence-electron chi connectivity index (χ3n) is 2.61. The van der Waals surface area contributed by atoms with Crippen molar-refractivity contribution in [1.82, 2.24) is 4.72 Å². The van der Waals surface area contributed by atoms with Gasteiger partial charge in [-0.1, -0.05) is 24.3 Å². The highest BCUT2D eigenvalue weighted by Crippen LogP contribution is 2.26. The molecule has 2 rings (SSSR count). The maximum atomic E-state index is 12.1. The molecular formula is C12H14N2O3S. The number of aliphatic hydroxyl groups excluding tert-OH is 1. The van der Waals surface area contributed by atoms with Gasteiger partial charge in [0.25, 0.3) is 0 Å². The van der Waals surface area contributed by atoms with Gasteiger partial charge in [0.2, 0.25) is 10.0 Å². The van der Waals surface area contributed by atoms with E-state index in [2.05, 4.69) is 4.72 Å². The van der Waals surface area contributed by atoms with Crippen LogP contribution in [0.2, 0.25) is 0 Å². The quantitative estimate of drug-likeness (QED) is 0.710. The van der Waals surface area contributed by atoms with Crippen LogP contribution in [0.1, 0.15) is 0 Å². The van der Waals surface area contributed by atoms with Gasteiger partial charge in [-0.3, -0.25) is 0 Å². The van der Waals surface area contributed by atoms with Crippen molar-refractivity contribution in [1.29, 1.82) is 0 Å². The molecule has 0 amide bonds. The maximum absolute atomic E-state index is 12.1. The molecule has 0 heterocycles. The molecule has 0 radical (unpaired) electrons. The summed E-state index contributed by atoms with van der Waals surface area (Å²) in [6, 6.07) is 10.1. The van der Waals surface area contributed by atoms with Crippen LogP contribution in [0.25, 0.3) is 10.8 Å². The number of hydrogen-bond donors (Lipinski definition) is 3. The van der Waals surface area contributed by atoms with E-state index < -0.39 is 10.0 Å². The average Bonchev–Trinajstić information content (AvgIpc) is 2.36. The predicted molar refractivity (Wildman–Crippen MR) is 70.6 cm³/mol. The molecule has 0 aliphatic rings. The summed E-state index contributed by atoms with van der Waals surface area (Å²) in [6.07, 6.45) is 0. The Kier molecular flexibility index (Phi) is 3.51. The number of hydrogen-bond acceptors (Lipinski definition) is 4. The second kappa shape index (κ2) is 4.93. The lowest BCUT2D eigenvalue weighted by Gasteiger charge is -2.09. The van der Waals surface area contributed by atoms with E-state index in [1.54, 1.807) is 30.3 Å². The third kappa shape index (κ3) is 2.31. The molecule has 0 saturated carbocycles. The second-order valence-corrected chi connectivity index (χ2v) is 5.56. The average molecular weight is 266 g/mol. The van der Waals surface area contributed by atoms with Crippen molar-refractivity contribution < 1.29 is 13.5 Å². The smallest absolute Gasteiger partial charge is 0.241 e. The summed E-state index contributed by atoms with van der Waals surface area (Å²) in [6.45, 7) is -0.257. The van der Waals surface area contributed by atoms with Crippen LogP contribution in [0, 0.1) is 0 Å². The van der Waals surface area contributed by atoms with E-state index in [9.17, 15) is 8.42 Å². The van der Waals surface area contributed by atoms with Gasteiger partial charge in [-0.15, -0.1) is 0 Å². The Morgan fingerprint density at radius 2 is 1.78 bits per heavy atom. The zero-order valence-corrected chi connectivity index (χ0v) is 10.4. The molecule has 0 saturated heterocycles. The fourth-order valence-electron chi connectivity index (χ4n) is 1.80. The molecule has 0 aliphatic carbocycles. The third-order valence-corrected chi connectivity index (χ3v) is 4.13. The maximum Gasteiger partial charge on any atom is 0.241 e. The van der Waals surface area contributed by atoms with Crippen LogP contribution in [-0.2, 0) is 10.0 Å². The second-order valence-electron chi connectivity index (χ2n) is 3.82. The molecule has 0 aliphatic heterocycles. The summed E-state index contributed by atoms with van der Waals surface area (Å²) in [5.41, 5.74) is 6.35. The first-order chi connectivity index (χ1) is 8.56. The van der Waals surface area contributed by atoms with Crippen molar-refractivity contribution >= 4 is 26.5 Å². The Labute approximate surface area is 105 Å². The molecule has 0 spiro atoms. The standard InChI is InChI=1S/C12H14N2O3S/c13-11-5-1-4-10-9(11)3-2-6-12(10)18(16,17)14-7-8-15/h1-6,14-15H,7-8,13H2. The zero-order chi connectivity index (χ0) is 13.2. The first-order valence-electron chi connectivity index (χ1n) is 5.44. The fourth-order valence-corrected chi connectivity index (χ4v) is 3.04. The van der Waals surface area contributed by atoms with Gasteiger partial charge < -0.3 is 10.8 Å². The monoisotopic (exact) mass is 266 g/mol. The van der Waals surface area contributed by atoms with Gasteiger partial charge in [0, 0.05) is 23.0 Å². The molecule has 4 N–H and O–H groups in total. The Bertz CT molecular complexity index is 668. The van der Waals surface area contributed by atoms with Crippen molar-refractivity contribution in [2.75, 3.05) is 18.9 Å². The van der Waals surface area contributed by atoms with Gasteiger partial charge in [0.1, 0.15) is 0 Å². The van der Waals surface area contributed by atoms with E-state index in [0.717, 1.165) is 0 Å². The lowest BCUT2D eigenvalue weighted by atomic mass is 10.1. The van der Waals surface area contributed by atoms with Gasteiger partial charge >= 0.3 is 0 Å². The Morgan fingerprint density at radius 3 is 2.50 bits per heavy atom. The Balaban J connectivity index is 2.62. The highest BCUT2D eigenvalue weighted by atomic mass is 32.2. The minimum absolute atomic E-state index is 0.0129. The number of rotatable bonds is 4. The van der Waals surface area contributed by atoms with Crippen LogP contribution in [-0.4, -0.2) is 26.7 Å². The zero-order valence-electron chi connectivity index (χ0n) is 9.63. The van der Waals surface area contributed by atoms with Crippen molar-refractivity contribution in [2.24, 2.45) is 0 Å². The van der Waals surface area contributed by atoms with Crippen LogP contribution in [0.5, 0.6) is 0 Å². The highest BCUT2D eigenvalue weighted by molar-refractivity contribution is 7.89. The minimum Gasteiger partial charge on any atom is -0.398 e. The number of nitrogen functional groups attached to an aromatic ring is 1. The number of sulfonamides is 1. The van der Waals surface area contributed by atoms with Gasteiger partial charge in [-0.2, -0.15) is 0 Å². The molecule has 18 heavy (non-hydrogen) atoms. The van der Waals surface area contributed by atoms with E-state index in [-0.39, 0.29) is 18.0 Å². The molecule has 0 unspecified atom stereocenters. The van der Waals surface area contributed by atoms with E-state index >= 15 is 0 Å². The van der Waals surface area contributed by atoms with Gasteiger partial charge in [-0.25, -0.2) is 13.1 Å². The van der Waals surface area contributed by atoms with Crippen LogP contribution in [0.3, 0.4) is 0 Å². The molecule has 0 bridgehead atoms. The van der Waals surface area contributed by atoms with Crippen LogP contribution in [0.15, 0.2) is 41.3 Å². The molecule has 2 aromatic carbocycles. The molecule has 0 aromatic heterocycles. The van der Waals surface area contributed by atoms with Crippen LogP contribution in [0.4, 0.5) is 5.69 Å². The molecule has 0 fully saturated rings. The van der Waals surface area contributed by atoms with E-state index in [1.165, 1.54) is 6.07 Å². The minimum atomic E-state index is -3.63. The molecule has 6 heteroatoms. The first kappa shape index (κ1) is 12.8. The van der Waals surface area contributed by atoms with Crippen molar-refractivity contribution in [3.8, 4) is 0 Å². The number of nitrogens with one attached hydrogen (secondary N) is 1. The van der Waals surface area contributed by atoms with Gasteiger partial charge in [-0.05, 0) is 12.1 Å². The summed E-state index contributed by atoms with van der Waals surface area (Å²) < 4.78 is 26.4.